The van der Waals surface area contributed by atoms with Gasteiger partial charge in [-0.1, -0.05) is 0 Å². The first-order chi connectivity index (χ1) is 16.4. The molecule has 34 heavy (non-hydrogen) atoms. The average molecular weight is 475 g/mol. The largest absolute Gasteiger partial charge is 0.368 e. The molecule has 0 atom stereocenters. The Morgan fingerprint density at radius 2 is 1.88 bits per heavy atom. The van der Waals surface area contributed by atoms with Crippen LogP contribution in [0.5, 0.6) is 0 Å². The average Bonchev–Trinajstić information content (AvgIpc) is 2.84. The second-order valence-electron chi connectivity index (χ2n) is 9.63. The van der Waals surface area contributed by atoms with E-state index in [-0.39, 0.29) is 30.6 Å². The number of piperidine rings is 2. The first-order valence-electron chi connectivity index (χ1n) is 12.4. The molecule has 186 valence electrons. The Bertz CT molecular complexity index is 899. The SMILES string of the molecule is CN(CCC(=O)N1CCCCC1)CC1CCN(c2cnc(N3CCC(=O)NC3=O)cc2F)CC1. The van der Waals surface area contributed by atoms with Gasteiger partial charge >= 0.3 is 6.03 Å². The predicted octanol–water partition coefficient (Wildman–Crippen LogP) is 2.22. The third-order valence-electron chi connectivity index (χ3n) is 7.09. The van der Waals surface area contributed by atoms with E-state index in [0.717, 1.165) is 65.0 Å². The van der Waals surface area contributed by atoms with Gasteiger partial charge in [0, 0.05) is 64.7 Å². The maximum Gasteiger partial charge on any atom is 0.329 e. The fourth-order valence-electron chi connectivity index (χ4n) is 5.05. The lowest BCUT2D eigenvalue weighted by atomic mass is 9.96. The van der Waals surface area contributed by atoms with Crippen LogP contribution in [0, 0.1) is 11.7 Å². The molecule has 1 N–H and O–H groups in total. The lowest BCUT2D eigenvalue weighted by Gasteiger charge is -2.35. The third-order valence-corrected chi connectivity index (χ3v) is 7.09. The topological polar surface area (TPSA) is 89.1 Å². The number of nitrogens with one attached hydrogen (secondary N) is 1. The van der Waals surface area contributed by atoms with Gasteiger partial charge in [0.1, 0.15) is 5.82 Å². The molecule has 0 saturated carbocycles. The number of carbonyl (C=O) groups is 3. The molecule has 4 rings (SSSR count). The van der Waals surface area contributed by atoms with Crippen LogP contribution in [0.25, 0.3) is 0 Å². The zero-order valence-electron chi connectivity index (χ0n) is 20.0. The monoisotopic (exact) mass is 474 g/mol. The van der Waals surface area contributed by atoms with Gasteiger partial charge in [-0.2, -0.15) is 0 Å². The van der Waals surface area contributed by atoms with Crippen molar-refractivity contribution in [1.82, 2.24) is 20.1 Å². The maximum absolute atomic E-state index is 14.9. The molecule has 0 radical (unpaired) electrons. The second kappa shape index (κ2) is 11.1. The molecule has 0 spiro atoms. The zero-order valence-corrected chi connectivity index (χ0v) is 20.0. The summed E-state index contributed by atoms with van der Waals surface area (Å²) in [7, 11) is 2.07. The Labute approximate surface area is 200 Å². The highest BCUT2D eigenvalue weighted by molar-refractivity contribution is 6.05. The highest BCUT2D eigenvalue weighted by Gasteiger charge is 2.27. The number of hydrogen-bond donors (Lipinski definition) is 1. The van der Waals surface area contributed by atoms with Crippen LogP contribution in [-0.4, -0.2) is 85.5 Å². The number of likely N-dealkylation sites (tertiary alicyclic amines) is 1. The van der Waals surface area contributed by atoms with Crippen molar-refractivity contribution < 1.29 is 18.8 Å². The second-order valence-corrected chi connectivity index (χ2v) is 9.63. The normalized spacial score (nSPS) is 20.1. The van der Waals surface area contributed by atoms with Crippen molar-refractivity contribution in [1.29, 1.82) is 0 Å². The molecule has 0 aromatic carbocycles. The van der Waals surface area contributed by atoms with E-state index in [4.69, 9.17) is 0 Å². The van der Waals surface area contributed by atoms with Gasteiger partial charge in [-0.15, -0.1) is 0 Å². The maximum atomic E-state index is 14.9. The molecule has 1 aromatic rings. The number of hydrogen-bond acceptors (Lipinski definition) is 6. The Morgan fingerprint density at radius 3 is 2.56 bits per heavy atom. The van der Waals surface area contributed by atoms with Crippen LogP contribution in [0.2, 0.25) is 0 Å². The first-order valence-corrected chi connectivity index (χ1v) is 12.4. The Kier molecular flexibility index (Phi) is 7.97. The van der Waals surface area contributed by atoms with Gasteiger partial charge in [0.25, 0.3) is 0 Å². The summed E-state index contributed by atoms with van der Waals surface area (Å²) in [5.74, 6) is 0.237. The minimum absolute atomic E-state index is 0.172. The predicted molar refractivity (Wildman–Crippen MR) is 127 cm³/mol. The van der Waals surface area contributed by atoms with Crippen LogP contribution in [0.3, 0.4) is 0 Å². The molecule has 1 aromatic heterocycles. The molecule has 0 unspecified atom stereocenters. The summed E-state index contributed by atoms with van der Waals surface area (Å²) in [4.78, 5) is 47.5. The van der Waals surface area contributed by atoms with Crippen LogP contribution in [0.1, 0.15) is 44.9 Å². The molecule has 3 fully saturated rings. The molecule has 0 aliphatic carbocycles. The summed E-state index contributed by atoms with van der Waals surface area (Å²) in [6, 6.07) is 0.697. The number of halogens is 1. The van der Waals surface area contributed by atoms with E-state index < -0.39 is 11.8 Å². The van der Waals surface area contributed by atoms with Crippen molar-refractivity contribution >= 4 is 29.4 Å². The number of aromatic nitrogens is 1. The summed E-state index contributed by atoms with van der Waals surface area (Å²) in [6.45, 7) is 5.17. The number of nitrogens with zero attached hydrogens (tertiary/aromatic N) is 5. The van der Waals surface area contributed by atoms with E-state index in [1.54, 1.807) is 0 Å². The molecule has 3 aliphatic rings. The van der Waals surface area contributed by atoms with Gasteiger partial charge in [-0.05, 0) is 45.1 Å². The van der Waals surface area contributed by atoms with Gasteiger partial charge in [0.2, 0.25) is 11.8 Å². The highest BCUT2D eigenvalue weighted by Crippen LogP contribution is 2.28. The van der Waals surface area contributed by atoms with E-state index in [1.807, 2.05) is 9.80 Å². The third kappa shape index (κ3) is 6.02. The number of urea groups is 1. The van der Waals surface area contributed by atoms with E-state index in [2.05, 4.69) is 22.2 Å². The molecule has 3 saturated heterocycles. The van der Waals surface area contributed by atoms with Crippen molar-refractivity contribution in [3.63, 3.8) is 0 Å². The minimum atomic E-state index is -0.571. The van der Waals surface area contributed by atoms with E-state index in [1.165, 1.54) is 23.6 Å². The van der Waals surface area contributed by atoms with Gasteiger partial charge in [0.05, 0.1) is 11.9 Å². The number of pyridine rings is 1. The van der Waals surface area contributed by atoms with E-state index >= 15 is 0 Å². The fraction of sp³-hybridized carbons (Fsp3) is 0.667. The van der Waals surface area contributed by atoms with Crippen molar-refractivity contribution in [2.45, 2.75) is 44.9 Å². The lowest BCUT2D eigenvalue weighted by molar-refractivity contribution is -0.132. The number of carbonyl (C=O) groups excluding carboxylic acids is 3. The number of anilines is 2. The van der Waals surface area contributed by atoms with E-state index in [9.17, 15) is 18.8 Å². The van der Waals surface area contributed by atoms with Gasteiger partial charge < -0.3 is 14.7 Å². The molecular formula is C24H35FN6O3. The number of imide groups is 1. The molecule has 0 bridgehead atoms. The van der Waals surface area contributed by atoms with Crippen molar-refractivity contribution in [2.75, 3.05) is 62.7 Å². The van der Waals surface area contributed by atoms with Crippen LogP contribution in [-0.2, 0) is 9.59 Å². The molecule has 9 nitrogen and oxygen atoms in total. The van der Waals surface area contributed by atoms with Gasteiger partial charge in [-0.3, -0.25) is 19.8 Å². The Hall–Kier alpha value is -2.75. The molecule has 10 heteroatoms. The summed E-state index contributed by atoms with van der Waals surface area (Å²) in [5.41, 5.74) is 0.441. The summed E-state index contributed by atoms with van der Waals surface area (Å²) in [5, 5.41) is 2.23. The van der Waals surface area contributed by atoms with Crippen LogP contribution < -0.4 is 15.1 Å². The summed E-state index contributed by atoms with van der Waals surface area (Å²) >= 11 is 0. The highest BCUT2D eigenvalue weighted by atomic mass is 19.1. The standard InChI is InChI=1S/C24H35FN6O3/c1-28(11-8-23(33)30-9-3-2-4-10-30)17-18-5-12-29(13-6-18)20-16-26-21(15-19(20)25)31-14-7-22(32)27-24(31)34/h15-16,18H,2-14,17H2,1H3,(H,27,32,34). The molecule has 4 amide bonds. The Morgan fingerprint density at radius 1 is 1.15 bits per heavy atom. The van der Waals surface area contributed by atoms with Crippen molar-refractivity contribution in [3.8, 4) is 0 Å². The molecule has 3 aliphatic heterocycles. The van der Waals surface area contributed by atoms with Crippen LogP contribution in [0.15, 0.2) is 12.3 Å². The molecular weight excluding hydrogens is 439 g/mol. The minimum Gasteiger partial charge on any atom is -0.368 e. The number of rotatable bonds is 7. The lowest BCUT2D eigenvalue weighted by Crippen LogP contribution is -2.50. The molecule has 4 heterocycles. The van der Waals surface area contributed by atoms with Crippen LogP contribution >= 0.6 is 0 Å². The first kappa shape index (κ1) is 24.4. The van der Waals surface area contributed by atoms with Crippen molar-refractivity contribution in [3.05, 3.63) is 18.1 Å². The fourth-order valence-corrected chi connectivity index (χ4v) is 5.05. The smallest absolute Gasteiger partial charge is 0.329 e. The van der Waals surface area contributed by atoms with Crippen molar-refractivity contribution in [2.24, 2.45) is 5.92 Å². The zero-order chi connectivity index (χ0) is 24.1. The summed E-state index contributed by atoms with van der Waals surface area (Å²) < 4.78 is 14.9. The quantitative estimate of drug-likeness (QED) is 0.652. The Balaban J connectivity index is 1.23. The number of amides is 4. The van der Waals surface area contributed by atoms with Gasteiger partial charge in [-0.25, -0.2) is 14.2 Å². The van der Waals surface area contributed by atoms with Crippen LogP contribution in [0.4, 0.5) is 20.7 Å². The van der Waals surface area contributed by atoms with E-state index in [0.29, 0.717) is 18.0 Å². The summed E-state index contributed by atoms with van der Waals surface area (Å²) in [6.07, 6.45) is 7.58. The van der Waals surface area contributed by atoms with Gasteiger partial charge in [0.15, 0.2) is 5.82 Å².